The Morgan fingerprint density at radius 2 is 1.89 bits per heavy atom. The van der Waals surface area contributed by atoms with Gasteiger partial charge in [-0.2, -0.15) is 18.3 Å². The lowest BCUT2D eigenvalue weighted by molar-refractivity contribution is -0.137. The van der Waals surface area contributed by atoms with Crippen molar-refractivity contribution < 1.29 is 13.2 Å². The summed E-state index contributed by atoms with van der Waals surface area (Å²) >= 11 is 0. The standard InChI is InChI=1S/C12H12F3N3/c1-7-11(16)8(2)18(17-7)10-5-3-4-9(6-10)12(13,14)15/h3-6H,16H2,1-2H3. The topological polar surface area (TPSA) is 43.8 Å². The average Bonchev–Trinajstić information content (AvgIpc) is 2.56. The van der Waals surface area contributed by atoms with Gasteiger partial charge in [0, 0.05) is 0 Å². The van der Waals surface area contributed by atoms with Gasteiger partial charge in [-0.1, -0.05) is 6.07 Å². The molecule has 3 nitrogen and oxygen atoms in total. The quantitative estimate of drug-likeness (QED) is 0.851. The SMILES string of the molecule is Cc1nn(-c2cccc(C(F)(F)F)c2)c(C)c1N. The van der Waals surface area contributed by atoms with Crippen LogP contribution in [0.25, 0.3) is 5.69 Å². The molecule has 2 aromatic rings. The van der Waals surface area contributed by atoms with E-state index in [1.165, 1.54) is 10.7 Å². The number of benzene rings is 1. The van der Waals surface area contributed by atoms with Crippen molar-refractivity contribution in [1.82, 2.24) is 9.78 Å². The van der Waals surface area contributed by atoms with Gasteiger partial charge in [-0.05, 0) is 32.0 Å². The van der Waals surface area contributed by atoms with E-state index >= 15 is 0 Å². The number of halogens is 3. The third kappa shape index (κ3) is 2.05. The normalized spacial score (nSPS) is 11.8. The number of hydrogen-bond acceptors (Lipinski definition) is 2. The molecule has 0 saturated heterocycles. The minimum Gasteiger partial charge on any atom is -0.396 e. The number of anilines is 1. The van der Waals surface area contributed by atoms with Gasteiger partial charge in [0.2, 0.25) is 0 Å². The highest BCUT2D eigenvalue weighted by Gasteiger charge is 2.30. The molecule has 1 heterocycles. The Kier molecular flexibility index (Phi) is 2.80. The van der Waals surface area contributed by atoms with Gasteiger partial charge in [0.15, 0.2) is 0 Å². The predicted octanol–water partition coefficient (Wildman–Crippen LogP) is 3.09. The molecule has 6 heteroatoms. The van der Waals surface area contributed by atoms with Crippen LogP contribution >= 0.6 is 0 Å². The van der Waals surface area contributed by atoms with Crippen molar-refractivity contribution in [2.24, 2.45) is 0 Å². The minimum absolute atomic E-state index is 0.349. The molecule has 96 valence electrons. The molecule has 0 aliphatic heterocycles. The number of aromatic nitrogens is 2. The molecule has 0 amide bonds. The van der Waals surface area contributed by atoms with Gasteiger partial charge >= 0.3 is 6.18 Å². The smallest absolute Gasteiger partial charge is 0.396 e. The molecule has 2 rings (SSSR count). The Bertz CT molecular complexity index is 585. The van der Waals surface area contributed by atoms with E-state index in [-0.39, 0.29) is 0 Å². The second-order valence-corrected chi connectivity index (χ2v) is 4.04. The van der Waals surface area contributed by atoms with Gasteiger partial charge in [0.05, 0.1) is 28.3 Å². The highest BCUT2D eigenvalue weighted by Crippen LogP contribution is 2.30. The largest absolute Gasteiger partial charge is 0.416 e. The van der Waals surface area contributed by atoms with E-state index in [1.54, 1.807) is 19.9 Å². The molecule has 0 aliphatic carbocycles. The zero-order valence-corrected chi connectivity index (χ0v) is 9.92. The van der Waals surface area contributed by atoms with Crippen LogP contribution in [0.4, 0.5) is 18.9 Å². The first-order valence-electron chi connectivity index (χ1n) is 5.30. The van der Waals surface area contributed by atoms with E-state index in [2.05, 4.69) is 5.10 Å². The number of nitrogen functional groups attached to an aromatic ring is 1. The van der Waals surface area contributed by atoms with Gasteiger partial charge in [0.25, 0.3) is 0 Å². The monoisotopic (exact) mass is 255 g/mol. The fourth-order valence-electron chi connectivity index (χ4n) is 1.72. The Balaban J connectivity index is 2.55. The second-order valence-electron chi connectivity index (χ2n) is 4.04. The lowest BCUT2D eigenvalue weighted by atomic mass is 10.2. The minimum atomic E-state index is -4.36. The van der Waals surface area contributed by atoms with Crippen LogP contribution in [-0.2, 0) is 6.18 Å². The van der Waals surface area contributed by atoms with Gasteiger partial charge in [-0.15, -0.1) is 0 Å². The van der Waals surface area contributed by atoms with Crippen molar-refractivity contribution in [3.63, 3.8) is 0 Å². The summed E-state index contributed by atoms with van der Waals surface area (Å²) < 4.78 is 39.3. The lowest BCUT2D eigenvalue weighted by Crippen LogP contribution is -2.07. The van der Waals surface area contributed by atoms with E-state index in [0.717, 1.165) is 12.1 Å². The van der Waals surface area contributed by atoms with E-state index in [0.29, 0.717) is 22.8 Å². The van der Waals surface area contributed by atoms with Gasteiger partial charge in [-0.25, -0.2) is 4.68 Å². The summed E-state index contributed by atoms with van der Waals surface area (Å²) in [6.07, 6.45) is -4.36. The Hall–Kier alpha value is -1.98. The molecule has 0 unspecified atom stereocenters. The van der Waals surface area contributed by atoms with Gasteiger partial charge < -0.3 is 5.73 Å². The molecule has 0 bridgehead atoms. The molecule has 1 aromatic heterocycles. The fraction of sp³-hybridized carbons (Fsp3) is 0.250. The number of alkyl halides is 3. The summed E-state index contributed by atoms with van der Waals surface area (Å²) in [6, 6.07) is 5.00. The van der Waals surface area contributed by atoms with E-state index < -0.39 is 11.7 Å². The summed E-state index contributed by atoms with van der Waals surface area (Å²) in [7, 11) is 0. The number of rotatable bonds is 1. The third-order valence-corrected chi connectivity index (χ3v) is 2.77. The summed E-state index contributed by atoms with van der Waals surface area (Å²) in [5, 5.41) is 4.13. The van der Waals surface area contributed by atoms with Crippen LogP contribution in [0.2, 0.25) is 0 Å². The molecule has 0 spiro atoms. The molecule has 1 aromatic carbocycles. The van der Waals surface area contributed by atoms with E-state index in [4.69, 9.17) is 5.73 Å². The van der Waals surface area contributed by atoms with Crippen molar-refractivity contribution >= 4 is 5.69 Å². The van der Waals surface area contributed by atoms with Crippen LogP contribution in [0.15, 0.2) is 24.3 Å². The Morgan fingerprint density at radius 1 is 1.22 bits per heavy atom. The van der Waals surface area contributed by atoms with Crippen LogP contribution in [0.5, 0.6) is 0 Å². The van der Waals surface area contributed by atoms with Crippen molar-refractivity contribution in [2.75, 3.05) is 5.73 Å². The van der Waals surface area contributed by atoms with Crippen LogP contribution < -0.4 is 5.73 Å². The zero-order chi connectivity index (χ0) is 13.5. The number of hydrogen-bond donors (Lipinski definition) is 1. The lowest BCUT2D eigenvalue weighted by Gasteiger charge is -2.09. The summed E-state index contributed by atoms with van der Waals surface area (Å²) in [4.78, 5) is 0. The van der Waals surface area contributed by atoms with Crippen molar-refractivity contribution in [3.8, 4) is 5.69 Å². The van der Waals surface area contributed by atoms with Gasteiger partial charge in [-0.3, -0.25) is 0 Å². The summed E-state index contributed by atoms with van der Waals surface area (Å²) in [5.41, 5.74) is 7.13. The molecular weight excluding hydrogens is 243 g/mol. The molecule has 2 N–H and O–H groups in total. The maximum atomic E-state index is 12.6. The molecule has 0 aliphatic rings. The molecular formula is C12H12F3N3. The molecule has 18 heavy (non-hydrogen) atoms. The number of nitrogens with zero attached hydrogens (tertiary/aromatic N) is 2. The Labute approximate surface area is 102 Å². The first-order valence-corrected chi connectivity index (χ1v) is 5.30. The second kappa shape index (κ2) is 4.04. The first kappa shape index (κ1) is 12.5. The highest BCUT2D eigenvalue weighted by atomic mass is 19.4. The Morgan fingerprint density at radius 3 is 2.39 bits per heavy atom. The summed E-state index contributed by atoms with van der Waals surface area (Å²) in [6.45, 7) is 3.43. The molecule has 0 fully saturated rings. The average molecular weight is 255 g/mol. The van der Waals surface area contributed by atoms with E-state index in [1.807, 2.05) is 0 Å². The highest BCUT2D eigenvalue weighted by molar-refractivity contribution is 5.51. The number of aryl methyl sites for hydroxylation is 1. The van der Waals surface area contributed by atoms with Crippen molar-refractivity contribution in [1.29, 1.82) is 0 Å². The molecule has 0 atom stereocenters. The van der Waals surface area contributed by atoms with Crippen LogP contribution in [0.3, 0.4) is 0 Å². The fourth-order valence-corrected chi connectivity index (χ4v) is 1.72. The summed E-state index contributed by atoms with van der Waals surface area (Å²) in [5.74, 6) is 0. The maximum absolute atomic E-state index is 12.6. The predicted molar refractivity (Wildman–Crippen MR) is 62.5 cm³/mol. The molecule has 0 radical (unpaired) electrons. The van der Waals surface area contributed by atoms with E-state index in [9.17, 15) is 13.2 Å². The van der Waals surface area contributed by atoms with Crippen molar-refractivity contribution in [3.05, 3.63) is 41.2 Å². The maximum Gasteiger partial charge on any atom is 0.416 e. The van der Waals surface area contributed by atoms with Crippen molar-refractivity contribution in [2.45, 2.75) is 20.0 Å². The zero-order valence-electron chi connectivity index (χ0n) is 9.92. The number of nitrogens with two attached hydrogens (primary N) is 1. The van der Waals surface area contributed by atoms with Gasteiger partial charge in [0.1, 0.15) is 0 Å². The van der Waals surface area contributed by atoms with Crippen LogP contribution in [-0.4, -0.2) is 9.78 Å². The first-order chi connectivity index (χ1) is 8.30. The molecule has 0 saturated carbocycles. The third-order valence-electron chi connectivity index (χ3n) is 2.77. The van der Waals surface area contributed by atoms with Crippen LogP contribution in [0, 0.1) is 13.8 Å². The van der Waals surface area contributed by atoms with Crippen LogP contribution in [0.1, 0.15) is 17.0 Å².